The normalized spacial score (nSPS) is 11.3. The highest BCUT2D eigenvalue weighted by molar-refractivity contribution is 6.21. The van der Waals surface area contributed by atoms with Crippen LogP contribution in [0, 0.1) is 6.92 Å². The van der Waals surface area contributed by atoms with E-state index in [2.05, 4.69) is 0 Å². The van der Waals surface area contributed by atoms with Crippen molar-refractivity contribution in [1.29, 1.82) is 0 Å². The lowest BCUT2D eigenvalue weighted by molar-refractivity contribution is -0.130. The van der Waals surface area contributed by atoms with Gasteiger partial charge in [-0.1, -0.05) is 48.0 Å². The van der Waals surface area contributed by atoms with E-state index in [0.717, 1.165) is 5.56 Å². The molecule has 2 aromatic rings. The molecule has 0 amide bonds. The summed E-state index contributed by atoms with van der Waals surface area (Å²) < 4.78 is 0. The topological polar surface area (TPSA) is 63.3 Å². The zero-order chi connectivity index (χ0) is 13.8. The van der Waals surface area contributed by atoms with Crippen molar-refractivity contribution in [2.45, 2.75) is 6.92 Å². The van der Waals surface area contributed by atoms with Crippen LogP contribution in [0.15, 0.2) is 48.5 Å². The first kappa shape index (κ1) is 12.9. The number of aryl methyl sites for hydroxylation is 1. The Morgan fingerprint density at radius 1 is 1.16 bits per heavy atom. The number of rotatable bonds is 3. The Morgan fingerprint density at radius 2 is 1.89 bits per heavy atom. The molecule has 2 aromatic carbocycles. The first-order chi connectivity index (χ1) is 9.08. The summed E-state index contributed by atoms with van der Waals surface area (Å²) in [5.41, 5.74) is 9.05. The number of nitrogens with two attached hydrogens (primary N) is 1. The zero-order valence-electron chi connectivity index (χ0n) is 10.6. The lowest BCUT2D eigenvalue weighted by Gasteiger charge is -2.06. The van der Waals surface area contributed by atoms with Crippen LogP contribution in [0.2, 0.25) is 0 Å². The van der Waals surface area contributed by atoms with Gasteiger partial charge >= 0.3 is 5.97 Å². The molecule has 2 rings (SSSR count). The van der Waals surface area contributed by atoms with Gasteiger partial charge in [-0.3, -0.25) is 0 Å². The summed E-state index contributed by atoms with van der Waals surface area (Å²) in [6, 6.07) is 14.6. The number of nitrogen functional groups attached to an aromatic ring is 1. The molecule has 0 aliphatic carbocycles. The lowest BCUT2D eigenvalue weighted by Crippen LogP contribution is -2.00. The molecule has 3 N–H and O–H groups in total. The maximum atomic E-state index is 11.4. The molecular formula is C16H15NO2. The van der Waals surface area contributed by atoms with E-state index in [1.165, 1.54) is 0 Å². The van der Waals surface area contributed by atoms with Gasteiger partial charge in [0.25, 0.3) is 0 Å². The third kappa shape index (κ3) is 3.01. The van der Waals surface area contributed by atoms with Crippen molar-refractivity contribution in [2.24, 2.45) is 0 Å². The van der Waals surface area contributed by atoms with Crippen LogP contribution in [0.25, 0.3) is 11.6 Å². The first-order valence-corrected chi connectivity index (χ1v) is 5.94. The minimum Gasteiger partial charge on any atom is -0.478 e. The minimum absolute atomic E-state index is 0.238. The third-order valence-corrected chi connectivity index (χ3v) is 2.86. The quantitative estimate of drug-likeness (QED) is 0.501. The fourth-order valence-electron chi connectivity index (χ4n) is 1.88. The van der Waals surface area contributed by atoms with Crippen molar-refractivity contribution in [3.8, 4) is 0 Å². The summed E-state index contributed by atoms with van der Waals surface area (Å²) in [7, 11) is 0. The molecule has 0 aliphatic rings. The smallest absolute Gasteiger partial charge is 0.336 e. The summed E-state index contributed by atoms with van der Waals surface area (Å²) in [5.74, 6) is -0.964. The van der Waals surface area contributed by atoms with E-state index in [4.69, 9.17) is 5.73 Å². The Kier molecular flexibility index (Phi) is 3.66. The second-order valence-electron chi connectivity index (χ2n) is 4.36. The number of aliphatic carboxylic acids is 1. The fourth-order valence-corrected chi connectivity index (χ4v) is 1.88. The van der Waals surface area contributed by atoms with Gasteiger partial charge in [0.05, 0.1) is 5.57 Å². The van der Waals surface area contributed by atoms with Crippen molar-refractivity contribution in [3.05, 3.63) is 65.2 Å². The van der Waals surface area contributed by atoms with Crippen molar-refractivity contribution in [3.63, 3.8) is 0 Å². The maximum Gasteiger partial charge on any atom is 0.336 e. The first-order valence-electron chi connectivity index (χ1n) is 5.94. The van der Waals surface area contributed by atoms with Crippen molar-refractivity contribution in [1.82, 2.24) is 0 Å². The second-order valence-corrected chi connectivity index (χ2v) is 4.36. The van der Waals surface area contributed by atoms with Gasteiger partial charge in [-0.15, -0.1) is 0 Å². The van der Waals surface area contributed by atoms with E-state index in [9.17, 15) is 9.90 Å². The molecule has 96 valence electrons. The van der Waals surface area contributed by atoms with Crippen LogP contribution in [0.1, 0.15) is 16.7 Å². The highest BCUT2D eigenvalue weighted by atomic mass is 16.4. The maximum absolute atomic E-state index is 11.4. The van der Waals surface area contributed by atoms with Crippen molar-refractivity contribution >= 4 is 23.3 Å². The van der Waals surface area contributed by atoms with E-state index >= 15 is 0 Å². The fraction of sp³-hybridized carbons (Fsp3) is 0.0625. The number of hydrogen-bond donors (Lipinski definition) is 2. The Labute approximate surface area is 112 Å². The summed E-state index contributed by atoms with van der Waals surface area (Å²) in [5, 5.41) is 9.36. The average Bonchev–Trinajstić information content (AvgIpc) is 2.37. The van der Waals surface area contributed by atoms with E-state index in [0.29, 0.717) is 16.8 Å². The minimum atomic E-state index is -0.964. The Bertz CT molecular complexity index is 645. The van der Waals surface area contributed by atoms with Crippen LogP contribution >= 0.6 is 0 Å². The third-order valence-electron chi connectivity index (χ3n) is 2.86. The summed E-state index contributed by atoms with van der Waals surface area (Å²) >= 11 is 0. The zero-order valence-corrected chi connectivity index (χ0v) is 10.6. The summed E-state index contributed by atoms with van der Waals surface area (Å²) in [6.07, 6.45) is 1.60. The molecule has 0 bridgehead atoms. The molecule has 0 aromatic heterocycles. The van der Waals surface area contributed by atoms with Crippen LogP contribution < -0.4 is 5.73 Å². The molecule has 0 spiro atoms. The second kappa shape index (κ2) is 5.40. The number of carboxylic acids is 1. The van der Waals surface area contributed by atoms with Crippen LogP contribution in [0.4, 0.5) is 5.69 Å². The number of carbonyl (C=O) groups is 1. The number of benzene rings is 2. The average molecular weight is 253 g/mol. The SMILES string of the molecule is Cc1cccc(/C(=C\c2ccccc2N)C(=O)O)c1. The predicted octanol–water partition coefficient (Wildman–Crippen LogP) is 3.20. The molecule has 0 fully saturated rings. The standard InChI is InChI=1S/C16H15NO2/c1-11-5-4-7-12(9-11)14(16(18)19)10-13-6-2-3-8-15(13)17/h2-10H,17H2,1H3,(H,18,19)/b14-10+. The van der Waals surface area contributed by atoms with Crippen LogP contribution in [-0.4, -0.2) is 11.1 Å². The van der Waals surface area contributed by atoms with Crippen LogP contribution in [-0.2, 0) is 4.79 Å². The molecule has 19 heavy (non-hydrogen) atoms. The molecule has 0 unspecified atom stereocenters. The lowest BCUT2D eigenvalue weighted by atomic mass is 10.0. The largest absolute Gasteiger partial charge is 0.478 e. The molecule has 3 heteroatoms. The van der Waals surface area contributed by atoms with Gasteiger partial charge < -0.3 is 10.8 Å². The van der Waals surface area contributed by atoms with Crippen molar-refractivity contribution < 1.29 is 9.90 Å². The van der Waals surface area contributed by atoms with Gasteiger partial charge in [0.15, 0.2) is 0 Å². The molecule has 0 aliphatic heterocycles. The van der Waals surface area contributed by atoms with Crippen LogP contribution in [0.5, 0.6) is 0 Å². The number of anilines is 1. The van der Waals surface area contributed by atoms with Gasteiger partial charge in [0.2, 0.25) is 0 Å². The van der Waals surface area contributed by atoms with E-state index in [-0.39, 0.29) is 5.57 Å². The monoisotopic (exact) mass is 253 g/mol. The van der Waals surface area contributed by atoms with Gasteiger partial charge in [-0.25, -0.2) is 4.79 Å². The summed E-state index contributed by atoms with van der Waals surface area (Å²) in [4.78, 5) is 11.4. The van der Waals surface area contributed by atoms with E-state index in [1.54, 1.807) is 24.3 Å². The molecule has 0 radical (unpaired) electrons. The predicted molar refractivity (Wildman–Crippen MR) is 77.5 cm³/mol. The molecule has 3 nitrogen and oxygen atoms in total. The molecule has 0 saturated heterocycles. The van der Waals surface area contributed by atoms with Crippen molar-refractivity contribution in [2.75, 3.05) is 5.73 Å². The number of carboxylic acid groups (broad SMARTS) is 1. The Balaban J connectivity index is 2.53. The van der Waals surface area contributed by atoms with Gasteiger partial charge in [-0.05, 0) is 30.2 Å². The molecule has 0 saturated carbocycles. The van der Waals surface area contributed by atoms with E-state index < -0.39 is 5.97 Å². The Hall–Kier alpha value is -2.55. The molecular weight excluding hydrogens is 238 g/mol. The number of para-hydroxylation sites is 1. The number of hydrogen-bond acceptors (Lipinski definition) is 2. The van der Waals surface area contributed by atoms with Gasteiger partial charge in [-0.2, -0.15) is 0 Å². The molecule has 0 atom stereocenters. The molecule has 0 heterocycles. The highest BCUT2D eigenvalue weighted by Crippen LogP contribution is 2.22. The van der Waals surface area contributed by atoms with Gasteiger partial charge in [0, 0.05) is 5.69 Å². The van der Waals surface area contributed by atoms with E-state index in [1.807, 2.05) is 37.3 Å². The summed E-state index contributed by atoms with van der Waals surface area (Å²) in [6.45, 7) is 1.93. The Morgan fingerprint density at radius 3 is 2.53 bits per heavy atom. The van der Waals surface area contributed by atoms with Gasteiger partial charge in [0.1, 0.15) is 0 Å². The highest BCUT2D eigenvalue weighted by Gasteiger charge is 2.11. The van der Waals surface area contributed by atoms with Crippen LogP contribution in [0.3, 0.4) is 0 Å².